The fraction of sp³-hybridized carbons (Fsp3) is 1.00. The summed E-state index contributed by atoms with van der Waals surface area (Å²) in [6, 6.07) is 0. The minimum Gasteiger partial charge on any atom is -0.324 e. The molecule has 0 aliphatic carbocycles. The zero-order valence-electron chi connectivity index (χ0n) is 17.5. The highest BCUT2D eigenvalue weighted by atomic mass is 32.2. The fourth-order valence-corrected chi connectivity index (χ4v) is 4.92. The van der Waals surface area contributed by atoms with Crippen LogP contribution >= 0.6 is 23.0 Å². The van der Waals surface area contributed by atoms with Gasteiger partial charge in [-0.3, -0.25) is 17.8 Å². The van der Waals surface area contributed by atoms with Crippen LogP contribution < -0.4 is 0 Å². The molecule has 12 nitrogen and oxygen atoms in total. The molecule has 0 aromatic carbocycles. The molecule has 0 bridgehead atoms. The molecule has 0 saturated carbocycles. The van der Waals surface area contributed by atoms with E-state index < -0.39 is 39.2 Å². The normalized spacial score (nSPS) is 18.2. The van der Waals surface area contributed by atoms with Crippen molar-refractivity contribution in [1.29, 1.82) is 0 Å². The fourth-order valence-electron chi connectivity index (χ4n) is 1.22. The van der Waals surface area contributed by atoms with Crippen LogP contribution in [0, 0.1) is 0 Å². The average Bonchev–Trinajstić information content (AvgIpc) is 2.15. The highest BCUT2D eigenvalue weighted by Gasteiger charge is 2.30. The van der Waals surface area contributed by atoms with Gasteiger partial charge in [-0.05, 0) is 41.5 Å². The Morgan fingerprint density at radius 1 is 0.714 bits per heavy atom. The Morgan fingerprint density at radius 3 is 1.18 bits per heavy atom. The van der Waals surface area contributed by atoms with Crippen molar-refractivity contribution in [3.8, 4) is 0 Å². The maximum Gasteiger partial charge on any atom is 0.479 e. The molecular formula is C12H33O12P3S. The molecule has 0 radical (unpaired) electrons. The first-order valence-corrected chi connectivity index (χ1v) is 15.2. The third-order valence-electron chi connectivity index (χ3n) is 1.37. The summed E-state index contributed by atoms with van der Waals surface area (Å²) in [6.07, 6.45) is 0.0701. The minimum atomic E-state index is -4.38. The molecule has 0 heterocycles. The van der Waals surface area contributed by atoms with E-state index in [9.17, 15) is 22.1 Å². The van der Waals surface area contributed by atoms with Crippen LogP contribution in [0.4, 0.5) is 0 Å². The summed E-state index contributed by atoms with van der Waals surface area (Å²) in [5.41, 5.74) is 0. The molecule has 174 valence electrons. The second-order valence-corrected chi connectivity index (χ2v) is 13.1. The van der Waals surface area contributed by atoms with Crippen molar-refractivity contribution in [3.63, 3.8) is 0 Å². The molecule has 3 unspecified atom stereocenters. The number of phosphoric acid groups is 1. The van der Waals surface area contributed by atoms with Crippen molar-refractivity contribution in [1.82, 2.24) is 0 Å². The summed E-state index contributed by atoms with van der Waals surface area (Å²) in [4.78, 5) is 25.9. The molecule has 0 aliphatic rings. The molecule has 0 amide bonds. The molecule has 0 aliphatic heterocycles. The first-order valence-electron chi connectivity index (χ1n) is 7.85. The molecule has 3 atom stereocenters. The second kappa shape index (κ2) is 13.6. The summed E-state index contributed by atoms with van der Waals surface area (Å²) in [5.74, 6) is 0. The van der Waals surface area contributed by atoms with Crippen LogP contribution in [0.5, 0.6) is 0 Å². The predicted molar refractivity (Wildman–Crippen MR) is 106 cm³/mol. The lowest BCUT2D eigenvalue weighted by Gasteiger charge is -2.15. The number of rotatable bonds is 8. The summed E-state index contributed by atoms with van der Waals surface area (Å²) >= 11 is 0. The van der Waals surface area contributed by atoms with Crippen LogP contribution in [-0.4, -0.2) is 61.0 Å². The van der Waals surface area contributed by atoms with Gasteiger partial charge in [0.2, 0.25) is 0 Å². The number of hydrogen-bond donors (Lipinski definition) is 3. The van der Waals surface area contributed by atoms with Crippen LogP contribution in [0.15, 0.2) is 0 Å². The lowest BCUT2D eigenvalue weighted by Crippen LogP contribution is -2.09. The Bertz CT molecular complexity index is 661. The van der Waals surface area contributed by atoms with E-state index in [0.717, 1.165) is 12.9 Å². The van der Waals surface area contributed by atoms with Crippen molar-refractivity contribution in [3.05, 3.63) is 0 Å². The van der Waals surface area contributed by atoms with E-state index in [2.05, 4.69) is 17.5 Å². The molecule has 0 spiro atoms. The van der Waals surface area contributed by atoms with Gasteiger partial charge in [0.1, 0.15) is 0 Å². The summed E-state index contributed by atoms with van der Waals surface area (Å²) < 4.78 is 69.4. The highest BCUT2D eigenvalue weighted by Crippen LogP contribution is 2.58. The molecule has 16 heteroatoms. The van der Waals surface area contributed by atoms with Crippen LogP contribution in [0.3, 0.4) is 0 Å². The second-order valence-electron chi connectivity index (χ2n) is 6.31. The van der Waals surface area contributed by atoms with E-state index >= 15 is 0 Å². The quantitative estimate of drug-likeness (QED) is 0.332. The average molecular weight is 494 g/mol. The van der Waals surface area contributed by atoms with Crippen molar-refractivity contribution >= 4 is 33.1 Å². The van der Waals surface area contributed by atoms with Crippen LogP contribution in [-0.2, 0) is 41.4 Å². The van der Waals surface area contributed by atoms with Gasteiger partial charge in [-0.15, -0.1) is 0 Å². The van der Waals surface area contributed by atoms with Crippen molar-refractivity contribution < 1.29 is 54.3 Å². The molecule has 0 rings (SSSR count). The maximum atomic E-state index is 10.8. The largest absolute Gasteiger partial charge is 0.479 e. The lowest BCUT2D eigenvalue weighted by molar-refractivity contribution is 0.157. The van der Waals surface area contributed by atoms with Crippen LogP contribution in [0.1, 0.15) is 41.5 Å². The Balaban J connectivity index is -0.000000347. The monoisotopic (exact) mass is 494 g/mol. The Labute approximate surface area is 167 Å². The standard InChI is InChI=1S/C4H12O6P2.C4H11O3P.C4H10O3S/c1-4(2)9-12(7,8)10-11(3,5)6;2*1-4(2)7-8(3,5)6/h4H,1-3H3,(H,5,6)(H,7,8);4H,1-3H3,(H,5,6);4H,1-3H3. The molecular weight excluding hydrogens is 461 g/mol. The minimum absolute atomic E-state index is 0.171. The van der Waals surface area contributed by atoms with Crippen LogP contribution in [0.2, 0.25) is 0 Å². The maximum absolute atomic E-state index is 10.8. The van der Waals surface area contributed by atoms with Gasteiger partial charge in [-0.2, -0.15) is 8.42 Å². The molecule has 0 aromatic rings. The van der Waals surface area contributed by atoms with Gasteiger partial charge in [-0.1, -0.05) is 0 Å². The van der Waals surface area contributed by atoms with Gasteiger partial charge >= 0.3 is 23.0 Å². The molecule has 0 aromatic heterocycles. The predicted octanol–water partition coefficient (Wildman–Crippen LogP) is 2.94. The van der Waals surface area contributed by atoms with E-state index in [1.807, 2.05) is 0 Å². The van der Waals surface area contributed by atoms with Crippen molar-refractivity contribution in [2.45, 2.75) is 59.9 Å². The summed E-state index contributed by atoms with van der Waals surface area (Å²) in [7, 11) is -14.8. The Morgan fingerprint density at radius 2 is 1.07 bits per heavy atom. The highest BCUT2D eigenvalue weighted by molar-refractivity contribution is 7.86. The zero-order valence-corrected chi connectivity index (χ0v) is 21.0. The molecule has 0 fully saturated rings. The Hall–Kier alpha value is 0.360. The van der Waals surface area contributed by atoms with E-state index in [4.69, 9.17) is 14.7 Å². The Kier molecular flexibility index (Phi) is 16.1. The third kappa shape index (κ3) is 37.2. The topological polar surface area (TPSA) is 183 Å². The number of hydrogen-bond acceptors (Lipinski definition) is 9. The van der Waals surface area contributed by atoms with Crippen LogP contribution in [0.25, 0.3) is 0 Å². The summed E-state index contributed by atoms with van der Waals surface area (Å²) in [6.45, 7) is 11.8. The molecule has 0 saturated heterocycles. The first kappa shape index (κ1) is 33.0. The lowest BCUT2D eigenvalue weighted by atomic mass is 10.5. The number of phosphoric ester groups is 1. The van der Waals surface area contributed by atoms with Gasteiger partial charge < -0.3 is 19.2 Å². The van der Waals surface area contributed by atoms with Gasteiger partial charge in [0, 0.05) is 13.3 Å². The summed E-state index contributed by atoms with van der Waals surface area (Å²) in [5, 5.41) is 0. The van der Waals surface area contributed by atoms with Gasteiger partial charge in [0.25, 0.3) is 10.1 Å². The SMILES string of the molecule is CC(C)OP(=O)(O)OP(C)(=O)O.CC(C)OP(C)(=O)O.CC(C)OS(C)(=O)=O. The van der Waals surface area contributed by atoms with E-state index in [0.29, 0.717) is 0 Å². The third-order valence-corrected chi connectivity index (χ3v) is 5.65. The van der Waals surface area contributed by atoms with E-state index in [-0.39, 0.29) is 12.2 Å². The van der Waals surface area contributed by atoms with Gasteiger partial charge in [0.05, 0.1) is 24.6 Å². The zero-order chi connectivity index (χ0) is 23.6. The van der Waals surface area contributed by atoms with Gasteiger partial charge in [0.15, 0.2) is 0 Å². The first-order chi connectivity index (χ1) is 12.0. The smallest absolute Gasteiger partial charge is 0.324 e. The van der Waals surface area contributed by atoms with Crippen molar-refractivity contribution in [2.75, 3.05) is 19.6 Å². The van der Waals surface area contributed by atoms with E-state index in [1.54, 1.807) is 27.7 Å². The molecule has 3 N–H and O–H groups in total. The molecule has 28 heavy (non-hydrogen) atoms. The van der Waals surface area contributed by atoms with Crippen molar-refractivity contribution in [2.24, 2.45) is 0 Å². The van der Waals surface area contributed by atoms with Gasteiger partial charge in [-0.25, -0.2) is 8.88 Å². The van der Waals surface area contributed by atoms with E-state index in [1.165, 1.54) is 20.5 Å².